The van der Waals surface area contributed by atoms with E-state index in [0.29, 0.717) is 12.1 Å². The van der Waals surface area contributed by atoms with Crippen molar-refractivity contribution in [3.05, 3.63) is 17.5 Å². The molecule has 1 heterocycles. The summed E-state index contributed by atoms with van der Waals surface area (Å²) >= 11 is 0. The Kier molecular flexibility index (Phi) is 2.63. The van der Waals surface area contributed by atoms with Crippen LogP contribution in [0.25, 0.3) is 0 Å². The van der Waals surface area contributed by atoms with Gasteiger partial charge in [-0.05, 0) is 13.3 Å². The van der Waals surface area contributed by atoms with Crippen molar-refractivity contribution in [2.45, 2.75) is 33.0 Å². The van der Waals surface area contributed by atoms with Crippen molar-refractivity contribution in [1.82, 2.24) is 9.78 Å². The molecule has 2 nitrogen and oxygen atoms in total. The molecule has 0 aliphatic carbocycles. The first-order chi connectivity index (χ1) is 5.94. The summed E-state index contributed by atoms with van der Waals surface area (Å²) in [4.78, 5) is 0. The monoisotopic (exact) mass is 191 g/mol. The molecule has 0 spiro atoms. The number of halogens is 3. The highest BCUT2D eigenvalue weighted by Crippen LogP contribution is 2.19. The lowest BCUT2D eigenvalue weighted by Gasteiger charge is -2.08. The molecular weight excluding hydrogens is 181 g/mol. The quantitative estimate of drug-likeness (QED) is 0.700. The van der Waals surface area contributed by atoms with Crippen LogP contribution in [0.2, 0.25) is 0 Å². The molecule has 1 rings (SSSR count). The van der Waals surface area contributed by atoms with E-state index < -0.39 is 12.7 Å². The number of aryl methyl sites for hydroxylation is 1. The van der Waals surface area contributed by atoms with Gasteiger partial charge in [-0.1, -0.05) is 6.92 Å². The number of rotatable bonds is 2. The van der Waals surface area contributed by atoms with E-state index >= 15 is 0 Å². The van der Waals surface area contributed by atoms with E-state index in [4.69, 9.17) is 0 Å². The summed E-state index contributed by atoms with van der Waals surface area (Å²) in [5.41, 5.74) is 1.28. The summed E-state index contributed by atoms with van der Waals surface area (Å²) < 4.78 is 36.8. The summed E-state index contributed by atoms with van der Waals surface area (Å²) in [6, 6.07) is 0. The van der Waals surface area contributed by atoms with Gasteiger partial charge >= 0.3 is 6.18 Å². The number of hydrogen-bond acceptors (Lipinski definition) is 1. The van der Waals surface area contributed by atoms with E-state index in [1.807, 2.05) is 6.92 Å². The molecule has 0 bridgehead atoms. The summed E-state index contributed by atoms with van der Waals surface area (Å²) in [7, 11) is 0. The van der Waals surface area contributed by atoms with Crippen LogP contribution in [-0.4, -0.2) is 16.0 Å². The minimum Gasteiger partial charge on any atom is -0.260 e. The topological polar surface area (TPSA) is 17.8 Å². The fraction of sp³-hybridized carbons (Fsp3) is 0.625. The fourth-order valence-corrected chi connectivity index (χ4v) is 1.09. The zero-order chi connectivity index (χ0) is 10.1. The molecule has 0 aliphatic heterocycles. The Morgan fingerprint density at radius 3 is 2.46 bits per heavy atom. The summed E-state index contributed by atoms with van der Waals surface area (Å²) in [5, 5.41) is 3.54. The lowest BCUT2D eigenvalue weighted by atomic mass is 10.2. The van der Waals surface area contributed by atoms with Gasteiger partial charge in [0.25, 0.3) is 0 Å². The first-order valence-electron chi connectivity index (χ1n) is 3.94. The van der Waals surface area contributed by atoms with Crippen LogP contribution in [0.15, 0.2) is 0 Å². The molecule has 1 aromatic rings. The molecule has 0 aromatic carbocycles. The molecule has 0 saturated carbocycles. The lowest BCUT2D eigenvalue weighted by molar-refractivity contribution is -0.142. The third-order valence-corrected chi connectivity index (χ3v) is 1.81. The van der Waals surface area contributed by atoms with Crippen molar-refractivity contribution >= 4 is 0 Å². The first-order valence-corrected chi connectivity index (χ1v) is 3.94. The van der Waals surface area contributed by atoms with Crippen molar-refractivity contribution in [2.24, 2.45) is 0 Å². The summed E-state index contributed by atoms with van der Waals surface area (Å²) in [5.74, 6) is 0. The number of hydrogen-bond donors (Lipinski definition) is 0. The van der Waals surface area contributed by atoms with Gasteiger partial charge in [0, 0.05) is 11.3 Å². The van der Waals surface area contributed by atoms with E-state index in [1.165, 1.54) is 0 Å². The number of aromatic nitrogens is 2. The van der Waals surface area contributed by atoms with Crippen LogP contribution in [0.3, 0.4) is 0 Å². The minimum absolute atomic E-state index is 0.542. The summed E-state index contributed by atoms with van der Waals surface area (Å²) in [6.07, 6.45) is -0.997. The lowest BCUT2D eigenvalue weighted by Crippen LogP contribution is -2.19. The molecule has 5 heteroatoms. The molecule has 1 radical (unpaired) electrons. The van der Waals surface area contributed by atoms with Gasteiger partial charge in [-0.2, -0.15) is 18.3 Å². The molecule has 1 aromatic heterocycles. The van der Waals surface area contributed by atoms with Gasteiger partial charge in [-0.15, -0.1) is 0 Å². The smallest absolute Gasteiger partial charge is 0.260 e. The van der Waals surface area contributed by atoms with Crippen LogP contribution in [0, 0.1) is 13.1 Å². The van der Waals surface area contributed by atoms with Gasteiger partial charge in [0.15, 0.2) is 0 Å². The molecule has 0 aliphatic rings. The Morgan fingerprint density at radius 2 is 2.08 bits per heavy atom. The van der Waals surface area contributed by atoms with Crippen LogP contribution in [0.1, 0.15) is 18.2 Å². The largest absolute Gasteiger partial charge is 0.408 e. The van der Waals surface area contributed by atoms with Crippen LogP contribution < -0.4 is 0 Å². The SMILES string of the molecule is CCc1[c]nn(CC(F)(F)F)c1C. The highest BCUT2D eigenvalue weighted by Gasteiger charge is 2.29. The molecule has 0 N–H and O–H groups in total. The molecular formula is C8H10F3N2. The maximum Gasteiger partial charge on any atom is 0.408 e. The van der Waals surface area contributed by atoms with E-state index in [1.54, 1.807) is 6.92 Å². The predicted molar refractivity (Wildman–Crippen MR) is 41.2 cm³/mol. The van der Waals surface area contributed by atoms with Gasteiger partial charge < -0.3 is 0 Å². The van der Waals surface area contributed by atoms with Crippen LogP contribution in [0.4, 0.5) is 13.2 Å². The van der Waals surface area contributed by atoms with Crippen LogP contribution >= 0.6 is 0 Å². The Balaban J connectivity index is 2.84. The maximum absolute atomic E-state index is 12.0. The van der Waals surface area contributed by atoms with Crippen molar-refractivity contribution in [3.63, 3.8) is 0 Å². The molecule has 0 amide bonds. The summed E-state index contributed by atoms with van der Waals surface area (Å²) in [6.45, 7) is 2.45. The van der Waals surface area contributed by atoms with E-state index in [9.17, 15) is 13.2 Å². The van der Waals surface area contributed by atoms with E-state index in [-0.39, 0.29) is 0 Å². The normalized spacial score (nSPS) is 12.1. The zero-order valence-electron chi connectivity index (χ0n) is 7.44. The Hall–Kier alpha value is -1.00. The average molecular weight is 191 g/mol. The van der Waals surface area contributed by atoms with Crippen molar-refractivity contribution < 1.29 is 13.2 Å². The second-order valence-corrected chi connectivity index (χ2v) is 2.80. The Morgan fingerprint density at radius 1 is 1.46 bits per heavy atom. The van der Waals surface area contributed by atoms with Gasteiger partial charge in [-0.3, -0.25) is 4.68 Å². The van der Waals surface area contributed by atoms with E-state index in [2.05, 4.69) is 11.3 Å². The second-order valence-electron chi connectivity index (χ2n) is 2.80. The first kappa shape index (κ1) is 10.1. The second kappa shape index (κ2) is 3.40. The zero-order valence-corrected chi connectivity index (χ0v) is 7.44. The Bertz CT molecular complexity index is 288. The molecule has 73 valence electrons. The molecule has 0 unspecified atom stereocenters. The van der Waals surface area contributed by atoms with Crippen molar-refractivity contribution in [2.75, 3.05) is 0 Å². The number of nitrogens with zero attached hydrogens (tertiary/aromatic N) is 2. The van der Waals surface area contributed by atoms with Gasteiger partial charge in [-0.25, -0.2) is 0 Å². The predicted octanol–water partition coefficient (Wildman–Crippen LogP) is 2.12. The van der Waals surface area contributed by atoms with Crippen LogP contribution in [-0.2, 0) is 13.0 Å². The van der Waals surface area contributed by atoms with Crippen molar-refractivity contribution in [3.8, 4) is 0 Å². The van der Waals surface area contributed by atoms with Gasteiger partial charge in [0.05, 0.1) is 0 Å². The van der Waals surface area contributed by atoms with Gasteiger partial charge in [0.2, 0.25) is 0 Å². The minimum atomic E-state index is -4.21. The van der Waals surface area contributed by atoms with Gasteiger partial charge in [0.1, 0.15) is 12.7 Å². The third kappa shape index (κ3) is 2.47. The van der Waals surface area contributed by atoms with E-state index in [0.717, 1.165) is 10.2 Å². The highest BCUT2D eigenvalue weighted by atomic mass is 19.4. The molecule has 0 saturated heterocycles. The standard InChI is InChI=1S/C8H10F3N2/c1-3-7-4-12-13(6(7)2)5-8(9,10)11/h3,5H2,1-2H3. The third-order valence-electron chi connectivity index (χ3n) is 1.81. The Labute approximate surface area is 74.4 Å². The number of alkyl halides is 3. The maximum atomic E-state index is 12.0. The molecule has 0 fully saturated rings. The fourth-order valence-electron chi connectivity index (χ4n) is 1.09. The average Bonchev–Trinajstić information content (AvgIpc) is 2.30. The highest BCUT2D eigenvalue weighted by molar-refractivity contribution is 5.14. The van der Waals surface area contributed by atoms with Crippen LogP contribution in [0.5, 0.6) is 0 Å². The van der Waals surface area contributed by atoms with Crippen molar-refractivity contribution in [1.29, 1.82) is 0 Å². The molecule has 0 atom stereocenters. The molecule has 13 heavy (non-hydrogen) atoms.